The van der Waals surface area contributed by atoms with Gasteiger partial charge in [-0.05, 0) is 56.8 Å². The zero-order valence-corrected chi connectivity index (χ0v) is 25.9. The van der Waals surface area contributed by atoms with Crippen LogP contribution in [0.15, 0.2) is 60.4 Å². The number of carbonyl (C=O) groups is 2. The molecule has 3 amide bonds. The van der Waals surface area contributed by atoms with Gasteiger partial charge in [0.1, 0.15) is 17.7 Å². The minimum atomic E-state index is -4.48. The third-order valence-corrected chi connectivity index (χ3v) is 7.72. The van der Waals surface area contributed by atoms with Gasteiger partial charge in [0.2, 0.25) is 0 Å². The average molecular weight is 648 g/mol. The van der Waals surface area contributed by atoms with E-state index in [1.165, 1.54) is 29.8 Å². The van der Waals surface area contributed by atoms with Crippen molar-refractivity contribution < 1.29 is 27.5 Å². The fourth-order valence-electron chi connectivity index (χ4n) is 3.87. The number of fused-ring (bicyclic) bond motifs is 1. The summed E-state index contributed by atoms with van der Waals surface area (Å²) in [6.07, 6.45) is 4.13. The summed E-state index contributed by atoms with van der Waals surface area (Å²) in [4.78, 5) is 38.8. The number of urea groups is 1. The van der Waals surface area contributed by atoms with Crippen molar-refractivity contribution in [1.82, 2.24) is 19.9 Å². The van der Waals surface area contributed by atoms with Crippen LogP contribution in [-0.2, 0) is 17.3 Å². The summed E-state index contributed by atoms with van der Waals surface area (Å²) in [6, 6.07) is 5.68. The molecule has 0 atom stereocenters. The molecule has 0 saturated heterocycles. The SMILES string of the molecule is CC(C)(C)OC(=O)N1CC=CCC1.O=C(Nc1cccc(C(F)(F)F)c1)Nc1ncc(CCNc2ncnc3ccsc23)s1. The van der Waals surface area contributed by atoms with E-state index in [2.05, 4.69) is 37.0 Å². The molecule has 0 fully saturated rings. The Hall–Kier alpha value is -4.24. The van der Waals surface area contributed by atoms with Gasteiger partial charge < -0.3 is 20.3 Å². The number of hydrogen-bond acceptors (Lipinski definition) is 9. The number of nitrogens with one attached hydrogen (secondary N) is 3. The van der Waals surface area contributed by atoms with Crippen LogP contribution in [0.5, 0.6) is 0 Å². The molecule has 0 aliphatic carbocycles. The lowest BCUT2D eigenvalue weighted by atomic mass is 10.2. The molecule has 4 aromatic rings. The van der Waals surface area contributed by atoms with Crippen molar-refractivity contribution in [2.24, 2.45) is 0 Å². The summed E-state index contributed by atoms with van der Waals surface area (Å²) < 4.78 is 44.5. The van der Waals surface area contributed by atoms with Crippen LogP contribution in [0, 0.1) is 0 Å². The lowest BCUT2D eigenvalue weighted by molar-refractivity contribution is -0.137. The second-order valence-electron chi connectivity index (χ2n) is 10.5. The van der Waals surface area contributed by atoms with Crippen LogP contribution in [-0.4, -0.2) is 57.2 Å². The standard InChI is InChI=1S/C19H15F3N6OS2.C10H17NO2/c20-19(21,22)11-2-1-3-12(8-11)27-17(29)28-18-24-9-13(31-18)4-6-23-16-15-14(5-7-30-15)25-10-26-16;1-10(2,3)13-9(12)11-7-5-4-6-8-11/h1-3,5,7-10H,4,6H2,(H,23,25,26)(H2,24,27,28,29);4-5H,6-8H2,1-3H3. The molecule has 5 rings (SSSR count). The molecule has 1 aliphatic rings. The second-order valence-corrected chi connectivity index (χ2v) is 12.5. The lowest BCUT2D eigenvalue weighted by Crippen LogP contribution is -2.38. The number of thiazole rings is 1. The molecule has 4 heterocycles. The molecule has 0 bridgehead atoms. The predicted octanol–water partition coefficient (Wildman–Crippen LogP) is 7.65. The molecular weight excluding hydrogens is 615 g/mol. The van der Waals surface area contributed by atoms with Crippen molar-refractivity contribution in [1.29, 1.82) is 0 Å². The van der Waals surface area contributed by atoms with Crippen molar-refractivity contribution in [3.8, 4) is 0 Å². The summed E-state index contributed by atoms with van der Waals surface area (Å²) in [5.41, 5.74) is -0.299. The number of alkyl halides is 3. The molecule has 0 spiro atoms. The van der Waals surface area contributed by atoms with Crippen LogP contribution in [0.25, 0.3) is 10.2 Å². The first-order valence-electron chi connectivity index (χ1n) is 13.6. The maximum absolute atomic E-state index is 12.8. The van der Waals surface area contributed by atoms with E-state index in [0.717, 1.165) is 46.0 Å². The number of hydrogen-bond donors (Lipinski definition) is 3. The van der Waals surface area contributed by atoms with Crippen molar-refractivity contribution in [3.63, 3.8) is 0 Å². The largest absolute Gasteiger partial charge is 0.444 e. The number of ether oxygens (including phenoxy) is 1. The van der Waals surface area contributed by atoms with Crippen LogP contribution < -0.4 is 16.0 Å². The third kappa shape index (κ3) is 9.91. The van der Waals surface area contributed by atoms with E-state index >= 15 is 0 Å². The highest BCUT2D eigenvalue weighted by Gasteiger charge is 2.30. The van der Waals surface area contributed by atoms with E-state index in [4.69, 9.17) is 4.74 Å². The van der Waals surface area contributed by atoms with Gasteiger partial charge in [-0.25, -0.2) is 24.5 Å². The molecule has 234 valence electrons. The highest BCUT2D eigenvalue weighted by molar-refractivity contribution is 7.17. The quantitative estimate of drug-likeness (QED) is 0.184. The Bertz CT molecular complexity index is 1600. The summed E-state index contributed by atoms with van der Waals surface area (Å²) in [5, 5.41) is 10.5. The van der Waals surface area contributed by atoms with E-state index in [0.29, 0.717) is 24.6 Å². The molecule has 1 aliphatic heterocycles. The van der Waals surface area contributed by atoms with Gasteiger partial charge in [0.25, 0.3) is 0 Å². The van der Waals surface area contributed by atoms with Crippen molar-refractivity contribution in [3.05, 3.63) is 70.8 Å². The Morgan fingerprint density at radius 3 is 2.61 bits per heavy atom. The topological polar surface area (TPSA) is 121 Å². The van der Waals surface area contributed by atoms with Gasteiger partial charge in [-0.2, -0.15) is 13.2 Å². The highest BCUT2D eigenvalue weighted by atomic mass is 32.1. The van der Waals surface area contributed by atoms with Gasteiger partial charge in [0.05, 0.1) is 15.8 Å². The number of amides is 3. The molecule has 15 heteroatoms. The average Bonchev–Trinajstić information content (AvgIpc) is 3.63. The van der Waals surface area contributed by atoms with Gasteiger partial charge in [0, 0.05) is 42.8 Å². The summed E-state index contributed by atoms with van der Waals surface area (Å²) >= 11 is 2.85. The summed E-state index contributed by atoms with van der Waals surface area (Å²) in [5.74, 6) is 0.767. The zero-order valence-electron chi connectivity index (χ0n) is 24.3. The summed E-state index contributed by atoms with van der Waals surface area (Å²) in [7, 11) is 0. The lowest BCUT2D eigenvalue weighted by Gasteiger charge is -2.27. The van der Waals surface area contributed by atoms with E-state index in [1.54, 1.807) is 22.4 Å². The van der Waals surface area contributed by atoms with E-state index in [9.17, 15) is 22.8 Å². The maximum Gasteiger partial charge on any atom is 0.416 e. The highest BCUT2D eigenvalue weighted by Crippen LogP contribution is 2.31. The van der Waals surface area contributed by atoms with E-state index in [1.807, 2.05) is 38.3 Å². The number of carbonyl (C=O) groups excluding carboxylic acids is 2. The molecule has 0 saturated carbocycles. The van der Waals surface area contributed by atoms with Crippen LogP contribution >= 0.6 is 22.7 Å². The van der Waals surface area contributed by atoms with Crippen molar-refractivity contribution >= 4 is 61.7 Å². The Morgan fingerprint density at radius 2 is 1.89 bits per heavy atom. The van der Waals surface area contributed by atoms with Crippen LogP contribution in [0.4, 0.5) is 39.4 Å². The molecule has 10 nitrogen and oxygen atoms in total. The predicted molar refractivity (Wildman–Crippen MR) is 167 cm³/mol. The Kier molecular flexibility index (Phi) is 10.8. The Labute approximate surface area is 260 Å². The van der Waals surface area contributed by atoms with Crippen LogP contribution in [0.3, 0.4) is 0 Å². The first kappa shape index (κ1) is 32.7. The van der Waals surface area contributed by atoms with Gasteiger partial charge in [-0.15, -0.1) is 22.7 Å². The Balaban J connectivity index is 0.000000285. The fourth-order valence-corrected chi connectivity index (χ4v) is 5.48. The number of rotatable bonds is 6. The number of benzene rings is 1. The fraction of sp³-hybridized carbons (Fsp3) is 0.345. The second kappa shape index (κ2) is 14.5. The monoisotopic (exact) mass is 647 g/mol. The van der Waals surface area contributed by atoms with Gasteiger partial charge >= 0.3 is 18.3 Å². The zero-order chi connectivity index (χ0) is 31.7. The first-order chi connectivity index (χ1) is 20.9. The summed E-state index contributed by atoms with van der Waals surface area (Å²) in [6.45, 7) is 7.70. The molecule has 0 radical (unpaired) electrons. The van der Waals surface area contributed by atoms with Gasteiger partial charge in [-0.3, -0.25) is 5.32 Å². The van der Waals surface area contributed by atoms with E-state index in [-0.39, 0.29) is 11.8 Å². The number of thiophene rings is 1. The van der Waals surface area contributed by atoms with E-state index < -0.39 is 23.4 Å². The minimum Gasteiger partial charge on any atom is -0.444 e. The van der Waals surface area contributed by atoms with Crippen molar-refractivity contribution in [2.75, 3.05) is 35.6 Å². The molecule has 3 aromatic heterocycles. The number of halogens is 3. The first-order valence-corrected chi connectivity index (χ1v) is 15.3. The number of nitrogens with zero attached hydrogens (tertiary/aromatic N) is 4. The molecule has 1 aromatic carbocycles. The molecule has 3 N–H and O–H groups in total. The maximum atomic E-state index is 12.8. The minimum absolute atomic E-state index is 0.0399. The van der Waals surface area contributed by atoms with Crippen LogP contribution in [0.1, 0.15) is 37.6 Å². The Morgan fingerprint density at radius 1 is 1.07 bits per heavy atom. The number of anilines is 3. The van der Waals surface area contributed by atoms with Gasteiger partial charge in [0.15, 0.2) is 5.13 Å². The normalized spacial score (nSPS) is 13.2. The van der Waals surface area contributed by atoms with Gasteiger partial charge in [-0.1, -0.05) is 18.2 Å². The third-order valence-electron chi connectivity index (χ3n) is 5.84. The van der Waals surface area contributed by atoms with Crippen LogP contribution in [0.2, 0.25) is 0 Å². The smallest absolute Gasteiger partial charge is 0.416 e. The molecule has 44 heavy (non-hydrogen) atoms. The number of aromatic nitrogens is 3. The molecular formula is C29H32F3N7O3S2. The molecule has 0 unspecified atom stereocenters. The van der Waals surface area contributed by atoms with Crippen molar-refractivity contribution in [2.45, 2.75) is 45.4 Å².